The zero-order valence-corrected chi connectivity index (χ0v) is 11.2. The first-order valence-electron chi connectivity index (χ1n) is 5.17. The fourth-order valence-electron chi connectivity index (χ4n) is 1.17. The maximum Gasteiger partial charge on any atom is 0.325 e. The number of methoxy groups -OCH3 is 1. The first-order chi connectivity index (χ1) is 8.08. The molecule has 0 aliphatic rings. The van der Waals surface area contributed by atoms with E-state index in [9.17, 15) is 9.59 Å². The van der Waals surface area contributed by atoms with Crippen LogP contribution in [0.2, 0.25) is 0 Å². The third-order valence-electron chi connectivity index (χ3n) is 2.13. The average molecular weight is 276 g/mol. The van der Waals surface area contributed by atoms with Gasteiger partial charge in [-0.15, -0.1) is 22.9 Å². The van der Waals surface area contributed by atoms with Gasteiger partial charge in [-0.05, 0) is 18.6 Å². The second-order valence-corrected chi connectivity index (χ2v) is 5.02. The van der Waals surface area contributed by atoms with E-state index in [-0.39, 0.29) is 12.5 Å². The van der Waals surface area contributed by atoms with Crippen LogP contribution in [0.4, 0.5) is 0 Å². The zero-order chi connectivity index (χ0) is 12.8. The van der Waals surface area contributed by atoms with Gasteiger partial charge in [-0.2, -0.15) is 0 Å². The minimum Gasteiger partial charge on any atom is -0.468 e. The van der Waals surface area contributed by atoms with Crippen LogP contribution in [0.15, 0.2) is 12.1 Å². The third-order valence-corrected chi connectivity index (χ3v) is 3.69. The lowest BCUT2D eigenvalue weighted by atomic mass is 10.3. The lowest BCUT2D eigenvalue weighted by Gasteiger charge is -2.07. The number of aryl methyl sites for hydroxylation is 1. The van der Waals surface area contributed by atoms with Crippen molar-refractivity contribution in [1.82, 2.24) is 5.32 Å². The number of nitrogens with one attached hydrogen (secondary N) is 1. The molecule has 0 fully saturated rings. The molecular formula is C11H14ClNO3S. The predicted molar refractivity (Wildman–Crippen MR) is 67.7 cm³/mol. The van der Waals surface area contributed by atoms with E-state index in [1.165, 1.54) is 18.4 Å². The summed E-state index contributed by atoms with van der Waals surface area (Å²) < 4.78 is 4.45. The van der Waals surface area contributed by atoms with Crippen molar-refractivity contribution in [3.63, 3.8) is 0 Å². The number of hydrogen-bond acceptors (Lipinski definition) is 4. The Morgan fingerprint density at radius 1 is 1.53 bits per heavy atom. The van der Waals surface area contributed by atoms with Gasteiger partial charge in [0.25, 0.3) is 5.91 Å². The minimum absolute atomic E-state index is 0.0619. The van der Waals surface area contributed by atoms with Crippen LogP contribution < -0.4 is 5.32 Å². The number of esters is 1. The maximum atomic E-state index is 11.7. The number of alkyl halides is 1. The van der Waals surface area contributed by atoms with Crippen LogP contribution in [0.25, 0.3) is 0 Å². The second kappa shape index (κ2) is 6.61. The maximum absolute atomic E-state index is 11.7. The molecule has 0 aliphatic carbocycles. The molecule has 0 radical (unpaired) electrons. The van der Waals surface area contributed by atoms with Gasteiger partial charge in [0.1, 0.15) is 5.38 Å². The van der Waals surface area contributed by atoms with E-state index in [1.807, 2.05) is 13.0 Å². The topological polar surface area (TPSA) is 55.4 Å². The van der Waals surface area contributed by atoms with E-state index in [0.717, 1.165) is 11.3 Å². The lowest BCUT2D eigenvalue weighted by Crippen LogP contribution is -2.33. The summed E-state index contributed by atoms with van der Waals surface area (Å²) in [5.41, 5.74) is 0. The smallest absolute Gasteiger partial charge is 0.325 e. The molecule has 1 rings (SSSR count). The van der Waals surface area contributed by atoms with E-state index >= 15 is 0 Å². The Hall–Kier alpha value is -1.07. The molecule has 0 aliphatic heterocycles. The van der Waals surface area contributed by atoms with Crippen LogP contribution in [0, 0.1) is 0 Å². The highest BCUT2D eigenvalue weighted by molar-refractivity contribution is 7.14. The van der Waals surface area contributed by atoms with Gasteiger partial charge in [0.05, 0.1) is 12.0 Å². The second-order valence-electron chi connectivity index (χ2n) is 3.32. The zero-order valence-electron chi connectivity index (χ0n) is 9.66. The van der Waals surface area contributed by atoms with Crippen molar-refractivity contribution in [2.24, 2.45) is 0 Å². The van der Waals surface area contributed by atoms with E-state index < -0.39 is 11.3 Å². The van der Waals surface area contributed by atoms with Crippen molar-refractivity contribution in [1.29, 1.82) is 0 Å². The third kappa shape index (κ3) is 4.02. The SMILES string of the molecule is CCc1ccc(C(=O)NCC(Cl)C(=O)OC)s1. The van der Waals surface area contributed by atoms with E-state index in [0.29, 0.717) is 4.88 Å². The highest BCUT2D eigenvalue weighted by atomic mass is 35.5. The summed E-state index contributed by atoms with van der Waals surface area (Å²) in [6.07, 6.45) is 0.901. The molecule has 17 heavy (non-hydrogen) atoms. The fourth-order valence-corrected chi connectivity index (χ4v) is 2.20. The monoisotopic (exact) mass is 275 g/mol. The summed E-state index contributed by atoms with van der Waals surface area (Å²) in [4.78, 5) is 24.5. The van der Waals surface area contributed by atoms with Gasteiger partial charge < -0.3 is 10.1 Å². The molecule has 4 nitrogen and oxygen atoms in total. The predicted octanol–water partition coefficient (Wildman–Crippen LogP) is 1.82. The molecule has 94 valence electrons. The number of halogens is 1. The number of thiophene rings is 1. The van der Waals surface area contributed by atoms with Crippen LogP contribution in [0.1, 0.15) is 21.5 Å². The van der Waals surface area contributed by atoms with Crippen LogP contribution in [-0.4, -0.2) is 30.9 Å². The van der Waals surface area contributed by atoms with Gasteiger partial charge in [-0.25, -0.2) is 0 Å². The van der Waals surface area contributed by atoms with Gasteiger partial charge in [-0.1, -0.05) is 6.92 Å². The summed E-state index contributed by atoms with van der Waals surface area (Å²) in [5.74, 6) is -0.767. The van der Waals surface area contributed by atoms with Gasteiger partial charge in [0, 0.05) is 11.4 Å². The standard InChI is InChI=1S/C11H14ClNO3S/c1-3-7-4-5-9(17-7)10(14)13-6-8(12)11(15)16-2/h4-5,8H,3,6H2,1-2H3,(H,13,14). The molecule has 1 N–H and O–H groups in total. The van der Waals surface area contributed by atoms with E-state index in [1.54, 1.807) is 6.07 Å². The van der Waals surface area contributed by atoms with Crippen LogP contribution in [0.5, 0.6) is 0 Å². The van der Waals surface area contributed by atoms with Gasteiger partial charge >= 0.3 is 5.97 Å². The normalized spacial score (nSPS) is 11.9. The Balaban J connectivity index is 2.47. The quantitative estimate of drug-likeness (QED) is 0.659. The van der Waals surface area contributed by atoms with Crippen molar-refractivity contribution in [2.75, 3.05) is 13.7 Å². The first kappa shape index (κ1) is 14.0. The van der Waals surface area contributed by atoms with E-state index in [4.69, 9.17) is 11.6 Å². The Kier molecular flexibility index (Phi) is 5.44. The number of hydrogen-bond donors (Lipinski definition) is 1. The van der Waals surface area contributed by atoms with Crippen molar-refractivity contribution >= 4 is 34.8 Å². The molecule has 1 unspecified atom stereocenters. The Morgan fingerprint density at radius 2 is 2.24 bits per heavy atom. The number of amides is 1. The Morgan fingerprint density at radius 3 is 2.76 bits per heavy atom. The molecule has 1 amide bonds. The highest BCUT2D eigenvalue weighted by Gasteiger charge is 2.17. The molecule has 0 aromatic carbocycles. The molecule has 0 saturated heterocycles. The summed E-state index contributed by atoms with van der Waals surface area (Å²) in [6, 6.07) is 3.68. The summed E-state index contributed by atoms with van der Waals surface area (Å²) in [6.45, 7) is 2.09. The number of carbonyl (C=O) groups excluding carboxylic acids is 2. The molecule has 1 heterocycles. The summed E-state index contributed by atoms with van der Waals surface area (Å²) in [7, 11) is 1.26. The van der Waals surface area contributed by atoms with Gasteiger partial charge in [0.15, 0.2) is 0 Å². The number of rotatable bonds is 5. The molecule has 0 bridgehead atoms. The van der Waals surface area contributed by atoms with Crippen LogP contribution in [0.3, 0.4) is 0 Å². The van der Waals surface area contributed by atoms with Crippen molar-refractivity contribution in [3.05, 3.63) is 21.9 Å². The number of ether oxygens (including phenoxy) is 1. The molecule has 6 heteroatoms. The minimum atomic E-state index is -0.852. The Labute approximate surface area is 109 Å². The molecule has 0 spiro atoms. The van der Waals surface area contributed by atoms with Gasteiger partial charge in [-0.3, -0.25) is 9.59 Å². The summed E-state index contributed by atoms with van der Waals surface area (Å²) in [5, 5.41) is 1.74. The number of carbonyl (C=O) groups is 2. The highest BCUT2D eigenvalue weighted by Crippen LogP contribution is 2.16. The van der Waals surface area contributed by atoms with Crippen molar-refractivity contribution in [2.45, 2.75) is 18.7 Å². The van der Waals surface area contributed by atoms with E-state index in [2.05, 4.69) is 10.1 Å². The van der Waals surface area contributed by atoms with Crippen molar-refractivity contribution in [3.8, 4) is 0 Å². The molecular weight excluding hydrogens is 262 g/mol. The first-order valence-corrected chi connectivity index (χ1v) is 6.42. The summed E-state index contributed by atoms with van der Waals surface area (Å²) >= 11 is 7.15. The molecule has 1 atom stereocenters. The molecule has 1 aromatic heterocycles. The Bertz CT molecular complexity index is 405. The lowest BCUT2D eigenvalue weighted by molar-refractivity contribution is -0.140. The van der Waals surface area contributed by atoms with Gasteiger partial charge in [0.2, 0.25) is 0 Å². The fraction of sp³-hybridized carbons (Fsp3) is 0.455. The largest absolute Gasteiger partial charge is 0.468 e. The average Bonchev–Trinajstić information content (AvgIpc) is 2.83. The van der Waals surface area contributed by atoms with Crippen LogP contribution in [-0.2, 0) is 16.0 Å². The van der Waals surface area contributed by atoms with Crippen molar-refractivity contribution < 1.29 is 14.3 Å². The molecule has 0 saturated carbocycles. The van der Waals surface area contributed by atoms with Crippen LogP contribution >= 0.6 is 22.9 Å². The molecule has 1 aromatic rings.